The van der Waals surface area contributed by atoms with E-state index in [1.54, 1.807) is 0 Å². The van der Waals surface area contributed by atoms with Crippen LogP contribution in [0.1, 0.15) is 85.0 Å². The molecule has 0 heteroatoms. The highest BCUT2D eigenvalue weighted by molar-refractivity contribution is 4.65. The van der Waals surface area contributed by atoms with E-state index in [4.69, 9.17) is 0 Å². The van der Waals surface area contributed by atoms with Crippen LogP contribution in [0.3, 0.4) is 0 Å². The second-order valence-corrected chi connectivity index (χ2v) is 4.35. The van der Waals surface area contributed by atoms with Crippen molar-refractivity contribution >= 4 is 0 Å². The summed E-state index contributed by atoms with van der Waals surface area (Å²) in [6.07, 6.45) is 14.9. The summed E-state index contributed by atoms with van der Waals surface area (Å²) in [4.78, 5) is 0. The third kappa shape index (κ3) is 7.41. The summed E-state index contributed by atoms with van der Waals surface area (Å²) in [6, 6.07) is 0. The van der Waals surface area contributed by atoms with Crippen LogP contribution >= 0.6 is 0 Å². The summed E-state index contributed by atoms with van der Waals surface area (Å²) in [5.41, 5.74) is 0. The maximum atomic E-state index is 2.29. The smallest absolute Gasteiger partial charge is 0.0414 e. The summed E-state index contributed by atoms with van der Waals surface area (Å²) in [5, 5.41) is 0. The minimum Gasteiger partial charge on any atom is -0.0683 e. The van der Waals surface area contributed by atoms with E-state index in [1.807, 2.05) is 13.8 Å². The van der Waals surface area contributed by atoms with Crippen molar-refractivity contribution in [3.63, 3.8) is 0 Å². The zero-order valence-electron chi connectivity index (χ0n) is 10.6. The van der Waals surface area contributed by atoms with Crippen LogP contribution in [0.5, 0.6) is 0 Å². The Bertz CT molecular complexity index is 90.2. The van der Waals surface area contributed by atoms with Gasteiger partial charge in [-0.25, -0.2) is 0 Å². The predicted octanol–water partition coefficient (Wildman–Crippen LogP) is 5.56. The lowest BCUT2D eigenvalue weighted by Crippen LogP contribution is -2.05. The number of unbranched alkanes of at least 4 members (excludes halogenated alkanes) is 3. The number of hydrogen-bond acceptors (Lipinski definition) is 0. The average molecular weight is 198 g/mol. The molecule has 0 spiro atoms. The molecule has 0 unspecified atom stereocenters. The maximum absolute atomic E-state index is 2.29. The monoisotopic (exact) mass is 198 g/mol. The molecule has 1 rings (SSSR count). The van der Waals surface area contributed by atoms with E-state index in [0.29, 0.717) is 0 Å². The Morgan fingerprint density at radius 1 is 0.857 bits per heavy atom. The zero-order chi connectivity index (χ0) is 10.6. The number of rotatable bonds is 5. The molecule has 0 aliphatic heterocycles. The van der Waals surface area contributed by atoms with Crippen molar-refractivity contribution in [3.8, 4) is 0 Å². The van der Waals surface area contributed by atoms with E-state index in [-0.39, 0.29) is 0 Å². The molecular weight excluding hydrogens is 168 g/mol. The Hall–Kier alpha value is 0. The summed E-state index contributed by atoms with van der Waals surface area (Å²) in [6.45, 7) is 6.29. The molecular formula is C14H30. The van der Waals surface area contributed by atoms with Crippen LogP contribution in [0.2, 0.25) is 0 Å². The molecule has 0 saturated heterocycles. The van der Waals surface area contributed by atoms with Crippen molar-refractivity contribution in [1.29, 1.82) is 0 Å². The van der Waals surface area contributed by atoms with Crippen LogP contribution in [0.4, 0.5) is 0 Å². The molecule has 86 valence electrons. The van der Waals surface area contributed by atoms with Gasteiger partial charge in [-0.3, -0.25) is 0 Å². The van der Waals surface area contributed by atoms with Gasteiger partial charge in [-0.05, 0) is 5.92 Å². The molecule has 0 heterocycles. The van der Waals surface area contributed by atoms with Crippen LogP contribution in [0.15, 0.2) is 0 Å². The molecule has 0 amide bonds. The highest BCUT2D eigenvalue weighted by Gasteiger charge is 2.11. The lowest BCUT2D eigenvalue weighted by molar-refractivity contribution is 0.328. The van der Waals surface area contributed by atoms with E-state index >= 15 is 0 Å². The highest BCUT2D eigenvalue weighted by Crippen LogP contribution is 2.27. The van der Waals surface area contributed by atoms with Gasteiger partial charge >= 0.3 is 0 Å². The summed E-state index contributed by atoms with van der Waals surface area (Å²) < 4.78 is 0. The van der Waals surface area contributed by atoms with Gasteiger partial charge in [0.25, 0.3) is 0 Å². The van der Waals surface area contributed by atoms with E-state index in [9.17, 15) is 0 Å². The Morgan fingerprint density at radius 2 is 1.50 bits per heavy atom. The molecule has 0 N–H and O–H groups in total. The fraction of sp³-hybridized carbons (Fsp3) is 1.00. The molecule has 0 bridgehead atoms. The fourth-order valence-electron chi connectivity index (χ4n) is 2.34. The third-order valence-corrected chi connectivity index (χ3v) is 3.19. The molecule has 1 aliphatic rings. The second kappa shape index (κ2) is 11.1. The summed E-state index contributed by atoms with van der Waals surface area (Å²) in [5.74, 6) is 1.11. The first kappa shape index (κ1) is 14.0. The van der Waals surface area contributed by atoms with Crippen molar-refractivity contribution in [3.05, 3.63) is 0 Å². The van der Waals surface area contributed by atoms with Gasteiger partial charge in [0.15, 0.2) is 0 Å². The van der Waals surface area contributed by atoms with Gasteiger partial charge in [0.1, 0.15) is 0 Å². The number of hydrogen-bond donors (Lipinski definition) is 0. The minimum atomic E-state index is 1.11. The molecule has 0 aromatic rings. The first-order valence-electron chi connectivity index (χ1n) is 6.93. The molecule has 1 saturated carbocycles. The van der Waals surface area contributed by atoms with E-state index < -0.39 is 0 Å². The standard InChI is InChI=1S/C12H24.C2H6/c1-2-3-4-6-9-12-10-7-5-8-11-12;1-2/h12H,2-11H2,1H3;1-2H3. The van der Waals surface area contributed by atoms with Crippen molar-refractivity contribution < 1.29 is 0 Å². The van der Waals surface area contributed by atoms with Crippen molar-refractivity contribution in [2.75, 3.05) is 0 Å². The average Bonchev–Trinajstić information content (AvgIpc) is 2.29. The molecule has 1 aliphatic carbocycles. The Balaban J connectivity index is 0.000000791. The van der Waals surface area contributed by atoms with E-state index in [2.05, 4.69) is 6.92 Å². The first-order chi connectivity index (χ1) is 6.93. The van der Waals surface area contributed by atoms with Gasteiger partial charge in [0, 0.05) is 0 Å². The second-order valence-electron chi connectivity index (χ2n) is 4.35. The Kier molecular flexibility index (Phi) is 11.1. The Labute approximate surface area is 91.5 Å². The Morgan fingerprint density at radius 3 is 2.07 bits per heavy atom. The van der Waals surface area contributed by atoms with Gasteiger partial charge in [0.05, 0.1) is 0 Å². The van der Waals surface area contributed by atoms with Gasteiger partial charge in [-0.15, -0.1) is 0 Å². The summed E-state index contributed by atoms with van der Waals surface area (Å²) in [7, 11) is 0. The predicted molar refractivity (Wildman–Crippen MR) is 66.7 cm³/mol. The van der Waals surface area contributed by atoms with Gasteiger partial charge in [-0.1, -0.05) is 85.0 Å². The normalized spacial score (nSPS) is 17.4. The molecule has 1 fully saturated rings. The molecule has 0 radical (unpaired) electrons. The lowest BCUT2D eigenvalue weighted by atomic mass is 9.85. The molecule has 14 heavy (non-hydrogen) atoms. The van der Waals surface area contributed by atoms with Crippen molar-refractivity contribution in [1.82, 2.24) is 0 Å². The first-order valence-corrected chi connectivity index (χ1v) is 6.93. The molecule has 0 aromatic carbocycles. The SMILES string of the molecule is CC.CCCCCCC1CCCCC1. The molecule has 0 aromatic heterocycles. The van der Waals surface area contributed by atoms with Crippen molar-refractivity contribution in [2.45, 2.75) is 85.0 Å². The third-order valence-electron chi connectivity index (χ3n) is 3.19. The van der Waals surface area contributed by atoms with Gasteiger partial charge < -0.3 is 0 Å². The van der Waals surface area contributed by atoms with Crippen molar-refractivity contribution in [2.24, 2.45) is 5.92 Å². The highest BCUT2D eigenvalue weighted by atomic mass is 14.2. The summed E-state index contributed by atoms with van der Waals surface area (Å²) >= 11 is 0. The van der Waals surface area contributed by atoms with Crippen LogP contribution < -0.4 is 0 Å². The van der Waals surface area contributed by atoms with Crippen LogP contribution in [-0.4, -0.2) is 0 Å². The van der Waals surface area contributed by atoms with Crippen LogP contribution in [0.25, 0.3) is 0 Å². The molecule has 0 atom stereocenters. The maximum Gasteiger partial charge on any atom is -0.0414 e. The zero-order valence-corrected chi connectivity index (χ0v) is 10.6. The largest absolute Gasteiger partial charge is 0.0683 e. The van der Waals surface area contributed by atoms with E-state index in [0.717, 1.165) is 5.92 Å². The van der Waals surface area contributed by atoms with Crippen LogP contribution in [0, 0.1) is 5.92 Å². The van der Waals surface area contributed by atoms with Gasteiger partial charge in [-0.2, -0.15) is 0 Å². The topological polar surface area (TPSA) is 0 Å². The fourth-order valence-corrected chi connectivity index (χ4v) is 2.34. The molecule has 0 nitrogen and oxygen atoms in total. The van der Waals surface area contributed by atoms with E-state index in [1.165, 1.54) is 64.2 Å². The van der Waals surface area contributed by atoms with Crippen LogP contribution in [-0.2, 0) is 0 Å². The minimum absolute atomic E-state index is 1.11. The quantitative estimate of drug-likeness (QED) is 0.507. The lowest BCUT2D eigenvalue weighted by Gasteiger charge is -2.21. The van der Waals surface area contributed by atoms with Gasteiger partial charge in [0.2, 0.25) is 0 Å².